The standard InChI is InChI=1S/C29H29Cl2N5O6/c1-35-14-21(28(40)36(2)29(35)41)26(39)33-23-9-5-7-19(25(23)31)18-6-4-8-20(24(18)30)22-11-10-16(27(34-22)42-3)12-32-13-17(38)15-37/h4-11,14,17,21,32,37-38H,12-13,15H2,1-3H3/p+1/t17-,21?/m1/s1. The second-order valence-corrected chi connectivity index (χ2v) is 10.3. The van der Waals surface area contributed by atoms with E-state index < -0.39 is 29.9 Å². The largest absolute Gasteiger partial charge is 0.499 e. The zero-order valence-electron chi connectivity index (χ0n) is 23.1. The molecule has 0 spiro atoms. The number of pyridine rings is 1. The lowest BCUT2D eigenvalue weighted by atomic mass is 10.00. The molecule has 0 saturated carbocycles. The van der Waals surface area contributed by atoms with E-state index in [9.17, 15) is 19.5 Å². The number of amides is 4. The second-order valence-electron chi connectivity index (χ2n) is 9.57. The molecule has 2 aromatic carbocycles. The van der Waals surface area contributed by atoms with Crippen LogP contribution >= 0.6 is 23.2 Å². The Bertz CT molecular complexity index is 1560. The van der Waals surface area contributed by atoms with E-state index in [0.29, 0.717) is 39.8 Å². The monoisotopic (exact) mass is 614 g/mol. The molecule has 0 bridgehead atoms. The van der Waals surface area contributed by atoms with Gasteiger partial charge < -0.3 is 25.6 Å². The van der Waals surface area contributed by atoms with E-state index in [1.807, 2.05) is 12.1 Å². The number of aromatic nitrogens is 1. The molecule has 11 nitrogen and oxygen atoms in total. The summed E-state index contributed by atoms with van der Waals surface area (Å²) in [7, 11) is 4.28. The molecule has 1 aliphatic rings. The van der Waals surface area contributed by atoms with Crippen molar-refractivity contribution < 1.29 is 33.9 Å². The van der Waals surface area contributed by atoms with Crippen molar-refractivity contribution in [3.05, 3.63) is 64.1 Å². The molecule has 3 aromatic rings. The Hall–Kier alpha value is -3.87. The van der Waals surface area contributed by atoms with Gasteiger partial charge in [0.25, 0.3) is 0 Å². The molecule has 0 aliphatic carbocycles. The number of rotatable bonds is 10. The summed E-state index contributed by atoms with van der Waals surface area (Å²) in [6.07, 6.45) is 0.393. The van der Waals surface area contributed by atoms with Gasteiger partial charge in [0.2, 0.25) is 11.8 Å². The van der Waals surface area contributed by atoms with Gasteiger partial charge in [0.1, 0.15) is 0 Å². The van der Waals surface area contributed by atoms with E-state index in [1.165, 1.54) is 32.0 Å². The topological polar surface area (TPSA) is 144 Å². The zero-order chi connectivity index (χ0) is 30.6. The highest BCUT2D eigenvalue weighted by Crippen LogP contribution is 2.41. The number of carbonyl (C=O) groups is 3. The number of aliphatic hydroxyl groups excluding tert-OH is 2. The zero-order valence-corrected chi connectivity index (χ0v) is 24.6. The fourth-order valence-corrected chi connectivity index (χ4v) is 5.02. The number of hydrogen-bond donors (Lipinski definition) is 4. The van der Waals surface area contributed by atoms with Crippen LogP contribution in [-0.2, 0) is 16.1 Å². The molecule has 4 amide bonds. The molecule has 4 rings (SSSR count). The van der Waals surface area contributed by atoms with Crippen molar-refractivity contribution in [3.63, 3.8) is 0 Å². The highest BCUT2D eigenvalue weighted by Gasteiger charge is 2.43. The number of carbonyl (C=O) groups excluding carboxylic acids is 3. The molecule has 2 atom stereocenters. The maximum Gasteiger partial charge on any atom is 0.499 e. The highest BCUT2D eigenvalue weighted by molar-refractivity contribution is 6.39. The fraction of sp³-hybridized carbons (Fsp3) is 0.276. The summed E-state index contributed by atoms with van der Waals surface area (Å²) in [5.41, 5.74) is 3.32. The minimum atomic E-state index is -1.21. The lowest BCUT2D eigenvalue weighted by Crippen LogP contribution is -2.51. The van der Waals surface area contributed by atoms with Crippen LogP contribution in [0.15, 0.2) is 48.5 Å². The average Bonchev–Trinajstić information content (AvgIpc) is 2.99. The van der Waals surface area contributed by atoms with Crippen LogP contribution in [0, 0.1) is 5.92 Å². The SMILES string of the molecule is COc1nc(-c2cccc(-c3cccc(NC(=O)C4C=[N+](C)C(=O)N(C)C4=O)c3Cl)c2Cl)ccc1CNC[C@@H](O)CO. The summed E-state index contributed by atoms with van der Waals surface area (Å²) in [6, 6.07) is 13.5. The first-order chi connectivity index (χ1) is 20.1. The number of nitrogens with zero attached hydrogens (tertiary/aromatic N) is 3. The Morgan fingerprint density at radius 3 is 2.45 bits per heavy atom. The minimum absolute atomic E-state index is 0.207. The molecule has 0 radical (unpaired) electrons. The number of ether oxygens (including phenoxy) is 1. The third kappa shape index (κ3) is 6.45. The van der Waals surface area contributed by atoms with Gasteiger partial charge in [0.05, 0.1) is 61.6 Å². The molecule has 220 valence electrons. The van der Waals surface area contributed by atoms with Gasteiger partial charge in [0.15, 0.2) is 5.92 Å². The van der Waals surface area contributed by atoms with E-state index in [1.54, 1.807) is 36.4 Å². The third-order valence-electron chi connectivity index (χ3n) is 6.70. The number of urea groups is 1. The Labute approximate surface area is 252 Å². The number of imide groups is 1. The maximum atomic E-state index is 13.0. The molecular weight excluding hydrogens is 585 g/mol. The van der Waals surface area contributed by atoms with Crippen molar-refractivity contribution in [2.45, 2.75) is 12.6 Å². The normalized spacial score (nSPS) is 15.8. The van der Waals surface area contributed by atoms with E-state index in [-0.39, 0.29) is 23.9 Å². The third-order valence-corrected chi connectivity index (χ3v) is 7.51. The van der Waals surface area contributed by atoms with Crippen molar-refractivity contribution in [3.8, 4) is 28.3 Å². The second kappa shape index (κ2) is 13.4. The van der Waals surface area contributed by atoms with Crippen LogP contribution in [0.3, 0.4) is 0 Å². The van der Waals surface area contributed by atoms with E-state index in [4.69, 9.17) is 33.0 Å². The summed E-state index contributed by atoms with van der Waals surface area (Å²) in [6.45, 7) is 0.229. The average molecular weight is 615 g/mol. The molecule has 42 heavy (non-hydrogen) atoms. The van der Waals surface area contributed by atoms with Crippen molar-refractivity contribution in [2.75, 3.05) is 39.7 Å². The van der Waals surface area contributed by atoms with Gasteiger partial charge in [-0.05, 0) is 12.1 Å². The number of hydrogen-bond acceptors (Lipinski definition) is 8. The first-order valence-corrected chi connectivity index (χ1v) is 13.6. The molecule has 1 aliphatic heterocycles. The van der Waals surface area contributed by atoms with Gasteiger partial charge in [-0.3, -0.25) is 4.79 Å². The van der Waals surface area contributed by atoms with Gasteiger partial charge >= 0.3 is 11.9 Å². The van der Waals surface area contributed by atoms with Crippen molar-refractivity contribution in [1.82, 2.24) is 15.2 Å². The summed E-state index contributed by atoms with van der Waals surface area (Å²) in [5.74, 6) is -2.12. The van der Waals surface area contributed by atoms with Gasteiger partial charge in [-0.2, -0.15) is 9.69 Å². The Morgan fingerprint density at radius 1 is 1.10 bits per heavy atom. The molecule has 1 aromatic heterocycles. The van der Waals surface area contributed by atoms with Crippen LogP contribution in [0.1, 0.15) is 5.56 Å². The highest BCUT2D eigenvalue weighted by atomic mass is 35.5. The summed E-state index contributed by atoms with van der Waals surface area (Å²) in [4.78, 5) is 43.1. The predicted molar refractivity (Wildman–Crippen MR) is 159 cm³/mol. The van der Waals surface area contributed by atoms with Gasteiger partial charge in [-0.1, -0.05) is 59.6 Å². The minimum Gasteiger partial charge on any atom is -0.481 e. The van der Waals surface area contributed by atoms with E-state index in [0.717, 1.165) is 10.5 Å². The number of nitrogens with one attached hydrogen (secondary N) is 2. The Kier molecular flexibility index (Phi) is 9.92. The van der Waals surface area contributed by atoms with Crippen molar-refractivity contribution in [1.29, 1.82) is 0 Å². The Morgan fingerprint density at radius 2 is 1.76 bits per heavy atom. The van der Waals surface area contributed by atoms with Crippen LogP contribution in [0.2, 0.25) is 10.0 Å². The maximum absolute atomic E-state index is 13.0. The van der Waals surface area contributed by atoms with E-state index in [2.05, 4.69) is 15.6 Å². The molecule has 1 unspecified atom stereocenters. The van der Waals surface area contributed by atoms with Gasteiger partial charge in [-0.15, -0.1) is 0 Å². The van der Waals surface area contributed by atoms with Crippen LogP contribution in [-0.4, -0.2) is 89.2 Å². The number of methoxy groups -OCH3 is 1. The van der Waals surface area contributed by atoms with Crippen LogP contribution in [0.25, 0.3) is 22.4 Å². The predicted octanol–water partition coefficient (Wildman–Crippen LogP) is 3.03. The molecule has 4 N–H and O–H groups in total. The number of anilines is 1. The summed E-state index contributed by atoms with van der Waals surface area (Å²) >= 11 is 13.6. The van der Waals surface area contributed by atoms with Crippen LogP contribution in [0.4, 0.5) is 10.5 Å². The number of halogens is 2. The van der Waals surface area contributed by atoms with Gasteiger partial charge in [-0.25, -0.2) is 14.4 Å². The molecular formula is C29H30Cl2N5O6+. The van der Waals surface area contributed by atoms with Crippen molar-refractivity contribution in [2.24, 2.45) is 5.92 Å². The van der Waals surface area contributed by atoms with Crippen molar-refractivity contribution >= 4 is 52.9 Å². The Balaban J connectivity index is 1.61. The molecule has 0 fully saturated rings. The first kappa shape index (κ1) is 31.1. The summed E-state index contributed by atoms with van der Waals surface area (Å²) < 4.78 is 6.66. The fourth-order valence-electron chi connectivity index (χ4n) is 4.42. The van der Waals surface area contributed by atoms with E-state index >= 15 is 0 Å². The quantitative estimate of drug-likeness (QED) is 0.201. The molecule has 0 saturated heterocycles. The van der Waals surface area contributed by atoms with Crippen LogP contribution < -0.4 is 15.4 Å². The number of benzene rings is 2. The van der Waals surface area contributed by atoms with Crippen LogP contribution in [0.5, 0.6) is 5.88 Å². The smallest absolute Gasteiger partial charge is 0.481 e. The lowest BCUT2D eigenvalue weighted by molar-refractivity contribution is -0.400. The summed E-state index contributed by atoms with van der Waals surface area (Å²) in [5, 5.41) is 24.9. The first-order valence-electron chi connectivity index (χ1n) is 12.9. The van der Waals surface area contributed by atoms with Gasteiger partial charge in [0, 0.05) is 35.3 Å². The molecule has 2 heterocycles. The molecule has 13 heteroatoms. The number of aliphatic hydroxyl groups is 2. The lowest BCUT2D eigenvalue weighted by Gasteiger charge is -2.19.